The van der Waals surface area contributed by atoms with E-state index in [0.717, 1.165) is 16.3 Å². The van der Waals surface area contributed by atoms with Crippen LogP contribution in [0.1, 0.15) is 18.5 Å². The second-order valence-corrected chi connectivity index (χ2v) is 8.83. The first-order valence-corrected chi connectivity index (χ1v) is 10.4. The highest BCUT2D eigenvalue weighted by Crippen LogP contribution is 2.27. The quantitative estimate of drug-likeness (QED) is 0.733. The fourth-order valence-corrected chi connectivity index (χ4v) is 3.46. The predicted octanol–water partition coefficient (Wildman–Crippen LogP) is 3.76. The Bertz CT molecular complexity index is 869. The van der Waals surface area contributed by atoms with Gasteiger partial charge in [0.15, 0.2) is 16.4 Å². The molecule has 0 bridgehead atoms. The molecule has 0 aromatic heterocycles. The zero-order chi connectivity index (χ0) is 18.6. The van der Waals surface area contributed by atoms with Gasteiger partial charge in [0.2, 0.25) is 0 Å². The fourth-order valence-electron chi connectivity index (χ4n) is 2.11. The number of amides is 1. The number of rotatable bonds is 6. The van der Waals surface area contributed by atoms with Crippen molar-refractivity contribution in [1.29, 1.82) is 0 Å². The highest BCUT2D eigenvalue weighted by atomic mass is 79.9. The van der Waals surface area contributed by atoms with E-state index in [1.807, 2.05) is 0 Å². The van der Waals surface area contributed by atoms with Crippen molar-refractivity contribution in [1.82, 2.24) is 5.32 Å². The van der Waals surface area contributed by atoms with Gasteiger partial charge in [-0.1, -0.05) is 39.7 Å². The second-order valence-electron chi connectivity index (χ2n) is 5.49. The third-order valence-electron chi connectivity index (χ3n) is 3.44. The zero-order valence-electron chi connectivity index (χ0n) is 13.6. The summed E-state index contributed by atoms with van der Waals surface area (Å²) in [5.41, 5.74) is 0.794. The van der Waals surface area contributed by atoms with Gasteiger partial charge >= 0.3 is 0 Å². The molecule has 1 N–H and O–H groups in total. The van der Waals surface area contributed by atoms with Gasteiger partial charge in [-0.3, -0.25) is 4.79 Å². The van der Waals surface area contributed by atoms with Crippen LogP contribution in [-0.2, 0) is 14.6 Å². The molecule has 0 radical (unpaired) electrons. The summed E-state index contributed by atoms with van der Waals surface area (Å²) in [5.74, 6) is 0.115. The van der Waals surface area contributed by atoms with Gasteiger partial charge in [0.05, 0.1) is 16.0 Å². The van der Waals surface area contributed by atoms with E-state index in [0.29, 0.717) is 10.8 Å². The summed E-state index contributed by atoms with van der Waals surface area (Å²) < 4.78 is 29.2. The number of hydrogen-bond acceptors (Lipinski definition) is 4. The number of halogens is 2. The topological polar surface area (TPSA) is 72.5 Å². The van der Waals surface area contributed by atoms with Crippen LogP contribution in [0.2, 0.25) is 5.02 Å². The highest BCUT2D eigenvalue weighted by Gasteiger charge is 2.13. The van der Waals surface area contributed by atoms with Crippen LogP contribution in [0.5, 0.6) is 5.75 Å². The summed E-state index contributed by atoms with van der Waals surface area (Å²) in [6.07, 6.45) is 1.15. The summed E-state index contributed by atoms with van der Waals surface area (Å²) in [5, 5.41) is 3.20. The predicted molar refractivity (Wildman–Crippen MR) is 101 cm³/mol. The van der Waals surface area contributed by atoms with Gasteiger partial charge < -0.3 is 10.1 Å². The van der Waals surface area contributed by atoms with Gasteiger partial charge in [0.1, 0.15) is 5.75 Å². The number of hydrogen-bond donors (Lipinski definition) is 1. The van der Waals surface area contributed by atoms with Crippen LogP contribution >= 0.6 is 27.5 Å². The van der Waals surface area contributed by atoms with E-state index in [-0.39, 0.29) is 23.5 Å². The molecule has 134 valence electrons. The Labute approximate surface area is 160 Å². The summed E-state index contributed by atoms with van der Waals surface area (Å²) in [6.45, 7) is 1.63. The normalized spacial score (nSPS) is 12.5. The number of sulfone groups is 1. The molecule has 1 atom stereocenters. The lowest BCUT2D eigenvalue weighted by Crippen LogP contribution is -2.31. The maximum absolute atomic E-state index is 12.0. The fraction of sp³-hybridized carbons (Fsp3) is 0.235. The molecule has 2 aromatic rings. The van der Waals surface area contributed by atoms with Gasteiger partial charge in [0, 0.05) is 10.7 Å². The minimum absolute atomic E-state index is 0.173. The molecule has 5 nitrogen and oxygen atoms in total. The molecule has 25 heavy (non-hydrogen) atoms. The first kappa shape index (κ1) is 19.8. The maximum Gasteiger partial charge on any atom is 0.258 e. The highest BCUT2D eigenvalue weighted by molar-refractivity contribution is 9.10. The Morgan fingerprint density at radius 2 is 1.88 bits per heavy atom. The molecule has 0 unspecified atom stereocenters. The van der Waals surface area contributed by atoms with E-state index < -0.39 is 9.84 Å². The van der Waals surface area contributed by atoms with Crippen LogP contribution in [-0.4, -0.2) is 27.2 Å². The van der Waals surface area contributed by atoms with Crippen LogP contribution in [0.4, 0.5) is 0 Å². The summed E-state index contributed by atoms with van der Waals surface area (Å²) in [6, 6.07) is 11.2. The lowest BCUT2D eigenvalue weighted by Gasteiger charge is -2.15. The van der Waals surface area contributed by atoms with Gasteiger partial charge in [0.25, 0.3) is 5.91 Å². The molecule has 2 rings (SSSR count). The molecule has 0 aliphatic carbocycles. The lowest BCUT2D eigenvalue weighted by atomic mass is 10.1. The van der Waals surface area contributed by atoms with Crippen LogP contribution < -0.4 is 10.1 Å². The second kappa shape index (κ2) is 8.21. The molecule has 0 fully saturated rings. The Balaban J connectivity index is 1.93. The van der Waals surface area contributed by atoms with Crippen LogP contribution in [0.25, 0.3) is 0 Å². The monoisotopic (exact) mass is 445 g/mol. The minimum Gasteiger partial charge on any atom is -0.482 e. The molecular weight excluding hydrogens is 430 g/mol. The largest absolute Gasteiger partial charge is 0.482 e. The average Bonchev–Trinajstić information content (AvgIpc) is 2.53. The smallest absolute Gasteiger partial charge is 0.258 e. The van der Waals surface area contributed by atoms with Gasteiger partial charge in [-0.15, -0.1) is 0 Å². The summed E-state index contributed by atoms with van der Waals surface area (Å²) >= 11 is 9.33. The first-order chi connectivity index (χ1) is 11.7. The molecule has 0 heterocycles. The standard InChI is InChI=1S/C17H17BrClNO4S/c1-11(12-3-6-14(7-4-12)25(2,22)23)20-17(21)10-24-16-8-5-13(18)9-15(16)19/h3-9,11H,10H2,1-2H3,(H,20,21)/t11-/m0/s1. The average molecular weight is 447 g/mol. The molecule has 2 aromatic carbocycles. The number of benzene rings is 2. The van der Waals surface area contributed by atoms with E-state index in [9.17, 15) is 13.2 Å². The Morgan fingerprint density at radius 1 is 1.24 bits per heavy atom. The molecule has 0 aliphatic rings. The van der Waals surface area contributed by atoms with E-state index in [2.05, 4.69) is 21.2 Å². The van der Waals surface area contributed by atoms with Crippen LogP contribution in [0.3, 0.4) is 0 Å². The maximum atomic E-state index is 12.0. The molecule has 0 spiro atoms. The van der Waals surface area contributed by atoms with Crippen molar-refractivity contribution in [3.63, 3.8) is 0 Å². The van der Waals surface area contributed by atoms with Crippen molar-refractivity contribution in [3.05, 3.63) is 57.5 Å². The SMILES string of the molecule is C[C@H](NC(=O)COc1ccc(Br)cc1Cl)c1ccc(S(C)(=O)=O)cc1. The summed E-state index contributed by atoms with van der Waals surface area (Å²) in [7, 11) is -3.24. The van der Waals surface area contributed by atoms with Crippen molar-refractivity contribution in [2.75, 3.05) is 12.9 Å². The molecule has 0 saturated heterocycles. The van der Waals surface area contributed by atoms with Crippen molar-refractivity contribution < 1.29 is 17.9 Å². The number of nitrogens with one attached hydrogen (secondary N) is 1. The Kier molecular flexibility index (Phi) is 6.48. The van der Waals surface area contributed by atoms with E-state index in [1.165, 1.54) is 12.1 Å². The first-order valence-electron chi connectivity index (χ1n) is 7.34. The van der Waals surface area contributed by atoms with E-state index >= 15 is 0 Å². The van der Waals surface area contributed by atoms with Gasteiger partial charge in [-0.25, -0.2) is 8.42 Å². The van der Waals surface area contributed by atoms with E-state index in [1.54, 1.807) is 37.3 Å². The number of carbonyl (C=O) groups is 1. The molecule has 0 aliphatic heterocycles. The lowest BCUT2D eigenvalue weighted by molar-refractivity contribution is -0.123. The van der Waals surface area contributed by atoms with E-state index in [4.69, 9.17) is 16.3 Å². The van der Waals surface area contributed by atoms with Gasteiger partial charge in [-0.05, 0) is 42.8 Å². The van der Waals surface area contributed by atoms with Crippen molar-refractivity contribution >= 4 is 43.3 Å². The molecule has 1 amide bonds. The van der Waals surface area contributed by atoms with Crippen molar-refractivity contribution in [2.24, 2.45) is 0 Å². The van der Waals surface area contributed by atoms with Crippen LogP contribution in [0.15, 0.2) is 51.8 Å². The zero-order valence-corrected chi connectivity index (χ0v) is 16.8. The van der Waals surface area contributed by atoms with Gasteiger partial charge in [-0.2, -0.15) is 0 Å². The Morgan fingerprint density at radius 3 is 2.44 bits per heavy atom. The number of ether oxygens (including phenoxy) is 1. The van der Waals surface area contributed by atoms with Crippen molar-refractivity contribution in [2.45, 2.75) is 17.9 Å². The molecule has 8 heteroatoms. The number of carbonyl (C=O) groups excluding carboxylic acids is 1. The molecule has 0 saturated carbocycles. The Hall–Kier alpha value is -1.57. The minimum atomic E-state index is -3.24. The third-order valence-corrected chi connectivity index (χ3v) is 5.36. The van der Waals surface area contributed by atoms with Crippen LogP contribution in [0, 0.1) is 0 Å². The summed E-state index contributed by atoms with van der Waals surface area (Å²) in [4.78, 5) is 12.3. The molecular formula is C17H17BrClNO4S. The van der Waals surface area contributed by atoms with Crippen molar-refractivity contribution in [3.8, 4) is 5.75 Å². The third kappa shape index (κ3) is 5.73.